The molecule has 1 aromatic rings. The highest BCUT2D eigenvalue weighted by Gasteiger charge is 2.28. The number of carbonyl (C=O) groups is 1. The summed E-state index contributed by atoms with van der Waals surface area (Å²) in [5.74, 6) is 1.46. The average Bonchev–Trinajstić information content (AvgIpc) is 3.20. The number of carbonyl (C=O) groups excluding carboxylic acids is 1. The van der Waals surface area contributed by atoms with Gasteiger partial charge >= 0.3 is 0 Å². The molecule has 1 aliphatic carbocycles. The minimum atomic E-state index is 0.0579. The van der Waals surface area contributed by atoms with Gasteiger partial charge in [-0.05, 0) is 31.1 Å². The molecule has 1 aliphatic heterocycles. The van der Waals surface area contributed by atoms with Crippen LogP contribution < -0.4 is 0 Å². The van der Waals surface area contributed by atoms with E-state index in [0.29, 0.717) is 18.8 Å². The lowest BCUT2D eigenvalue weighted by atomic mass is 10.3. The van der Waals surface area contributed by atoms with Crippen LogP contribution in [0.1, 0.15) is 18.5 Å². The van der Waals surface area contributed by atoms with Crippen LogP contribution in [0.25, 0.3) is 0 Å². The van der Waals surface area contributed by atoms with Gasteiger partial charge in [0, 0.05) is 19.3 Å². The second-order valence-corrected chi connectivity index (χ2v) is 6.48. The molecule has 0 aromatic carbocycles. The Morgan fingerprint density at radius 1 is 1.50 bits per heavy atom. The predicted octanol–water partition coefficient (Wildman–Crippen LogP) is 1.38. The highest BCUT2D eigenvalue weighted by atomic mass is 32.2. The summed E-state index contributed by atoms with van der Waals surface area (Å²) in [6.07, 6.45) is 6.39. The van der Waals surface area contributed by atoms with Gasteiger partial charge in [-0.1, -0.05) is 0 Å². The molecule has 1 aromatic heterocycles. The van der Waals surface area contributed by atoms with Gasteiger partial charge in [0.2, 0.25) is 5.91 Å². The second kappa shape index (κ2) is 6.18. The van der Waals surface area contributed by atoms with Crippen molar-refractivity contribution in [2.75, 3.05) is 25.2 Å². The van der Waals surface area contributed by atoms with Gasteiger partial charge in [-0.15, -0.1) is 0 Å². The Kier molecular flexibility index (Phi) is 4.31. The highest BCUT2D eigenvalue weighted by Crippen LogP contribution is 2.29. The largest absolute Gasteiger partial charge is 0.374 e. The number of rotatable bonds is 5. The highest BCUT2D eigenvalue weighted by molar-refractivity contribution is 7.99. The number of thioether (sulfide) groups is 1. The third kappa shape index (κ3) is 3.35. The van der Waals surface area contributed by atoms with Crippen LogP contribution in [0.4, 0.5) is 0 Å². The third-order valence-corrected chi connectivity index (χ3v) is 4.38. The van der Waals surface area contributed by atoms with Crippen molar-refractivity contribution in [3.05, 3.63) is 18.0 Å². The lowest BCUT2D eigenvalue weighted by Gasteiger charge is -2.24. The molecule has 0 bridgehead atoms. The molecule has 6 heteroatoms. The van der Waals surface area contributed by atoms with Gasteiger partial charge in [0.05, 0.1) is 30.6 Å². The molecule has 0 spiro atoms. The van der Waals surface area contributed by atoms with E-state index in [0.717, 1.165) is 24.8 Å². The Hall–Kier alpha value is -1.01. The van der Waals surface area contributed by atoms with Gasteiger partial charge in [0.25, 0.3) is 0 Å². The average molecular weight is 295 g/mol. The van der Waals surface area contributed by atoms with Crippen LogP contribution in [0.2, 0.25) is 0 Å². The van der Waals surface area contributed by atoms with Crippen molar-refractivity contribution < 1.29 is 9.53 Å². The second-order valence-electron chi connectivity index (χ2n) is 5.61. The van der Waals surface area contributed by atoms with Crippen molar-refractivity contribution in [3.63, 3.8) is 0 Å². The standard InChI is InChI=1S/C14H21N3O2S/c1-20-10-14(18)16-6-12-4-5-15-17(12)8-13(7-16)19-9-11-2-3-11/h4-5,11,13H,2-3,6-10H2,1H3. The summed E-state index contributed by atoms with van der Waals surface area (Å²) in [6, 6.07) is 1.99. The maximum absolute atomic E-state index is 12.2. The number of aromatic nitrogens is 2. The molecule has 3 rings (SSSR count). The topological polar surface area (TPSA) is 47.4 Å². The minimum absolute atomic E-state index is 0.0579. The Labute approximate surface area is 123 Å². The van der Waals surface area contributed by atoms with E-state index < -0.39 is 0 Å². The fourth-order valence-corrected chi connectivity index (χ4v) is 2.91. The molecular weight excluding hydrogens is 274 g/mol. The maximum Gasteiger partial charge on any atom is 0.232 e. The molecule has 110 valence electrons. The predicted molar refractivity (Wildman–Crippen MR) is 78.5 cm³/mol. The molecule has 1 atom stereocenters. The van der Waals surface area contributed by atoms with E-state index in [1.165, 1.54) is 12.8 Å². The summed E-state index contributed by atoms with van der Waals surface area (Å²) >= 11 is 1.57. The molecule has 0 N–H and O–H groups in total. The number of amides is 1. The van der Waals surface area contributed by atoms with Gasteiger partial charge in [-0.25, -0.2) is 0 Å². The number of nitrogens with zero attached hydrogens (tertiary/aromatic N) is 3. The fourth-order valence-electron chi connectivity index (χ4n) is 2.48. The van der Waals surface area contributed by atoms with E-state index in [2.05, 4.69) is 5.10 Å². The van der Waals surface area contributed by atoms with E-state index in [9.17, 15) is 4.79 Å². The van der Waals surface area contributed by atoms with Crippen molar-refractivity contribution in [2.24, 2.45) is 5.92 Å². The van der Waals surface area contributed by atoms with Crippen LogP contribution in [0.3, 0.4) is 0 Å². The summed E-state index contributed by atoms with van der Waals surface area (Å²) in [6.45, 7) is 2.89. The molecule has 0 saturated heterocycles. The van der Waals surface area contributed by atoms with E-state index in [-0.39, 0.29) is 12.0 Å². The molecule has 1 amide bonds. The van der Waals surface area contributed by atoms with Crippen molar-refractivity contribution >= 4 is 17.7 Å². The first-order valence-electron chi connectivity index (χ1n) is 7.15. The number of fused-ring (bicyclic) bond motifs is 1. The van der Waals surface area contributed by atoms with E-state index >= 15 is 0 Å². The molecule has 20 heavy (non-hydrogen) atoms. The molecular formula is C14H21N3O2S. The number of hydrogen-bond donors (Lipinski definition) is 0. The monoisotopic (exact) mass is 295 g/mol. The van der Waals surface area contributed by atoms with Crippen molar-refractivity contribution in [3.8, 4) is 0 Å². The smallest absolute Gasteiger partial charge is 0.232 e. The third-order valence-electron chi connectivity index (χ3n) is 3.84. The SMILES string of the molecule is CSCC(=O)N1Cc2ccnn2CC(OCC2CC2)C1. The van der Waals surface area contributed by atoms with Crippen LogP contribution in [-0.2, 0) is 22.6 Å². The van der Waals surface area contributed by atoms with Crippen LogP contribution in [0.15, 0.2) is 12.3 Å². The summed E-state index contributed by atoms with van der Waals surface area (Å²) in [4.78, 5) is 14.1. The van der Waals surface area contributed by atoms with E-state index in [1.54, 1.807) is 18.0 Å². The normalized spacial score (nSPS) is 22.4. The summed E-state index contributed by atoms with van der Waals surface area (Å²) < 4.78 is 7.99. The van der Waals surface area contributed by atoms with Crippen LogP contribution in [-0.4, -0.2) is 51.9 Å². The maximum atomic E-state index is 12.2. The van der Waals surface area contributed by atoms with Crippen molar-refractivity contribution in [1.29, 1.82) is 0 Å². The Morgan fingerprint density at radius 2 is 2.35 bits per heavy atom. The van der Waals surface area contributed by atoms with Gasteiger partial charge < -0.3 is 9.64 Å². The number of ether oxygens (including phenoxy) is 1. The lowest BCUT2D eigenvalue weighted by molar-refractivity contribution is -0.130. The molecule has 5 nitrogen and oxygen atoms in total. The van der Waals surface area contributed by atoms with Crippen molar-refractivity contribution in [2.45, 2.75) is 32.0 Å². The minimum Gasteiger partial charge on any atom is -0.374 e. The molecule has 1 unspecified atom stereocenters. The molecule has 1 saturated carbocycles. The van der Waals surface area contributed by atoms with Gasteiger partial charge in [0.1, 0.15) is 0 Å². The fraction of sp³-hybridized carbons (Fsp3) is 0.714. The van der Waals surface area contributed by atoms with Crippen molar-refractivity contribution in [1.82, 2.24) is 14.7 Å². The van der Waals surface area contributed by atoms with Crippen LogP contribution in [0, 0.1) is 5.92 Å². The first kappa shape index (κ1) is 13.9. The zero-order valence-corrected chi connectivity index (χ0v) is 12.6. The Balaban J connectivity index is 1.69. The first-order valence-corrected chi connectivity index (χ1v) is 8.54. The zero-order valence-electron chi connectivity index (χ0n) is 11.8. The van der Waals surface area contributed by atoms with E-state index in [4.69, 9.17) is 4.74 Å². The first-order chi connectivity index (χ1) is 9.76. The zero-order chi connectivity index (χ0) is 13.9. The summed E-state index contributed by atoms with van der Waals surface area (Å²) in [5.41, 5.74) is 1.09. The molecule has 1 fully saturated rings. The summed E-state index contributed by atoms with van der Waals surface area (Å²) in [7, 11) is 0. The molecule has 2 heterocycles. The quantitative estimate of drug-likeness (QED) is 0.823. The van der Waals surface area contributed by atoms with Crippen LogP contribution in [0.5, 0.6) is 0 Å². The van der Waals surface area contributed by atoms with Gasteiger partial charge in [0.15, 0.2) is 0 Å². The van der Waals surface area contributed by atoms with Crippen LogP contribution >= 0.6 is 11.8 Å². The number of hydrogen-bond acceptors (Lipinski definition) is 4. The van der Waals surface area contributed by atoms with Gasteiger partial charge in [-0.2, -0.15) is 16.9 Å². The Morgan fingerprint density at radius 3 is 3.10 bits per heavy atom. The lowest BCUT2D eigenvalue weighted by Crippen LogP contribution is -2.38. The molecule has 0 radical (unpaired) electrons. The van der Waals surface area contributed by atoms with E-state index in [1.807, 2.05) is 21.9 Å². The summed E-state index contributed by atoms with van der Waals surface area (Å²) in [5, 5.41) is 4.34. The molecule has 2 aliphatic rings. The van der Waals surface area contributed by atoms with Gasteiger partial charge in [-0.3, -0.25) is 9.48 Å². The Bertz CT molecular complexity index is 473.